The number of pyridine rings is 1. The van der Waals surface area contributed by atoms with Crippen LogP contribution in [0, 0.1) is 5.82 Å². The minimum Gasteiger partial charge on any atom is -0.444 e. The molecule has 0 saturated carbocycles. The Labute approximate surface area is 217 Å². The minimum absolute atomic E-state index is 0.00159. The van der Waals surface area contributed by atoms with E-state index in [9.17, 15) is 14.0 Å². The maximum absolute atomic E-state index is 14.4. The summed E-state index contributed by atoms with van der Waals surface area (Å²) in [5.74, 6) is -0.692. The number of amides is 2. The summed E-state index contributed by atoms with van der Waals surface area (Å²) in [6.07, 6.45) is 2.10. The number of rotatable bonds is 5. The van der Waals surface area contributed by atoms with Crippen LogP contribution in [0.5, 0.6) is 0 Å². The Kier molecular flexibility index (Phi) is 7.26. The number of nitrogens with zero attached hydrogens (tertiary/aromatic N) is 5. The van der Waals surface area contributed by atoms with Crippen LogP contribution in [0.15, 0.2) is 30.5 Å². The van der Waals surface area contributed by atoms with E-state index in [1.165, 1.54) is 12.1 Å². The fourth-order valence-corrected chi connectivity index (χ4v) is 4.94. The molecule has 2 aromatic heterocycles. The molecule has 1 aliphatic heterocycles. The Morgan fingerprint density at radius 3 is 2.59 bits per heavy atom. The van der Waals surface area contributed by atoms with Crippen molar-refractivity contribution in [2.24, 2.45) is 7.05 Å². The fourth-order valence-electron chi connectivity index (χ4n) is 4.94. The molecule has 3 aromatic rings. The Morgan fingerprint density at radius 1 is 1.22 bits per heavy atom. The molecule has 0 bridgehead atoms. The van der Waals surface area contributed by atoms with E-state index in [4.69, 9.17) is 9.72 Å². The predicted octanol–water partition coefficient (Wildman–Crippen LogP) is 5.37. The lowest BCUT2D eigenvalue weighted by Crippen LogP contribution is -2.37. The van der Waals surface area contributed by atoms with Crippen LogP contribution < -0.4 is 0 Å². The SMILES string of the molecule is CCN(C(=O)c1cc(F)ccc1-c1cc(C2CCN(C(=O)OC(C)(C)C)C2)nc2cnn(C)c12)C(C)C. The van der Waals surface area contributed by atoms with Gasteiger partial charge in [0.25, 0.3) is 5.91 Å². The van der Waals surface area contributed by atoms with Crippen molar-refractivity contribution in [3.05, 3.63) is 47.5 Å². The third-order valence-corrected chi connectivity index (χ3v) is 6.70. The van der Waals surface area contributed by atoms with Crippen LogP contribution >= 0.6 is 0 Å². The van der Waals surface area contributed by atoms with Crippen LogP contribution in [0.1, 0.15) is 69.9 Å². The van der Waals surface area contributed by atoms with Gasteiger partial charge in [0, 0.05) is 49.9 Å². The summed E-state index contributed by atoms with van der Waals surface area (Å²) in [5.41, 5.74) is 3.38. The summed E-state index contributed by atoms with van der Waals surface area (Å²) in [6.45, 7) is 12.9. The van der Waals surface area contributed by atoms with Crippen molar-refractivity contribution in [3.63, 3.8) is 0 Å². The highest BCUT2D eigenvalue weighted by Gasteiger charge is 2.32. The number of halogens is 1. The van der Waals surface area contributed by atoms with Crippen molar-refractivity contribution in [1.82, 2.24) is 24.6 Å². The van der Waals surface area contributed by atoms with Gasteiger partial charge < -0.3 is 14.5 Å². The van der Waals surface area contributed by atoms with Gasteiger partial charge >= 0.3 is 6.09 Å². The highest BCUT2D eigenvalue weighted by Crippen LogP contribution is 2.36. The molecule has 0 N–H and O–H groups in total. The maximum atomic E-state index is 14.4. The van der Waals surface area contributed by atoms with Crippen LogP contribution in [-0.4, -0.2) is 67.8 Å². The summed E-state index contributed by atoms with van der Waals surface area (Å²) < 4.78 is 21.7. The summed E-state index contributed by atoms with van der Waals surface area (Å²) in [6, 6.07) is 6.27. The maximum Gasteiger partial charge on any atom is 0.410 e. The zero-order valence-corrected chi connectivity index (χ0v) is 22.7. The van der Waals surface area contributed by atoms with Crippen LogP contribution in [0.2, 0.25) is 0 Å². The van der Waals surface area contributed by atoms with E-state index in [1.807, 2.05) is 54.7 Å². The van der Waals surface area contributed by atoms with Crippen molar-refractivity contribution < 1.29 is 18.7 Å². The second-order valence-electron chi connectivity index (χ2n) is 10.9. The lowest BCUT2D eigenvalue weighted by atomic mass is 9.94. The normalized spacial score (nSPS) is 16.0. The van der Waals surface area contributed by atoms with Gasteiger partial charge in [-0.2, -0.15) is 5.10 Å². The van der Waals surface area contributed by atoms with Gasteiger partial charge in [0.05, 0.1) is 17.3 Å². The fraction of sp³-hybridized carbons (Fsp3) is 0.500. The molecule has 1 atom stereocenters. The number of fused-ring (bicyclic) bond motifs is 1. The third kappa shape index (κ3) is 5.45. The molecule has 8 nitrogen and oxygen atoms in total. The number of aryl methyl sites for hydroxylation is 1. The van der Waals surface area contributed by atoms with Crippen molar-refractivity contribution >= 4 is 23.0 Å². The van der Waals surface area contributed by atoms with E-state index >= 15 is 0 Å². The molecule has 198 valence electrons. The number of likely N-dealkylation sites (tertiary alicyclic amines) is 1. The molecule has 3 heterocycles. The zero-order chi connectivity index (χ0) is 27.1. The number of carbonyl (C=O) groups is 2. The van der Waals surface area contributed by atoms with E-state index in [-0.39, 0.29) is 24.0 Å². The van der Waals surface area contributed by atoms with E-state index in [1.54, 1.807) is 26.7 Å². The average molecular weight is 510 g/mol. The third-order valence-electron chi connectivity index (χ3n) is 6.70. The summed E-state index contributed by atoms with van der Waals surface area (Å²) in [5, 5.41) is 4.40. The van der Waals surface area contributed by atoms with Crippen molar-refractivity contribution in [1.29, 1.82) is 0 Å². The molecule has 1 unspecified atom stereocenters. The van der Waals surface area contributed by atoms with Crippen molar-refractivity contribution in [2.45, 2.75) is 65.5 Å². The second kappa shape index (κ2) is 10.1. The molecule has 37 heavy (non-hydrogen) atoms. The second-order valence-corrected chi connectivity index (χ2v) is 10.9. The van der Waals surface area contributed by atoms with E-state index in [2.05, 4.69) is 5.10 Å². The molecule has 1 saturated heterocycles. The number of carbonyl (C=O) groups excluding carboxylic acids is 2. The molecular formula is C28H36FN5O3. The van der Waals surface area contributed by atoms with Crippen molar-refractivity contribution in [2.75, 3.05) is 19.6 Å². The molecule has 2 amide bonds. The molecular weight excluding hydrogens is 473 g/mol. The van der Waals surface area contributed by atoms with Gasteiger partial charge in [-0.25, -0.2) is 14.2 Å². The topological polar surface area (TPSA) is 80.6 Å². The first-order chi connectivity index (χ1) is 17.4. The largest absolute Gasteiger partial charge is 0.444 e. The van der Waals surface area contributed by atoms with Crippen LogP contribution in [0.3, 0.4) is 0 Å². The molecule has 4 rings (SSSR count). The highest BCUT2D eigenvalue weighted by atomic mass is 19.1. The monoisotopic (exact) mass is 509 g/mol. The molecule has 0 aliphatic carbocycles. The van der Waals surface area contributed by atoms with Crippen LogP contribution in [-0.2, 0) is 11.8 Å². The quantitative estimate of drug-likeness (QED) is 0.462. The van der Waals surface area contributed by atoms with Crippen LogP contribution in [0.4, 0.5) is 9.18 Å². The lowest BCUT2D eigenvalue weighted by Gasteiger charge is -2.26. The van der Waals surface area contributed by atoms with Crippen molar-refractivity contribution in [3.8, 4) is 11.1 Å². The minimum atomic E-state index is -0.566. The van der Waals surface area contributed by atoms with Gasteiger partial charge in [0.2, 0.25) is 0 Å². The lowest BCUT2D eigenvalue weighted by molar-refractivity contribution is 0.0292. The van der Waals surface area contributed by atoms with E-state index < -0.39 is 11.4 Å². The number of hydrogen-bond donors (Lipinski definition) is 0. The highest BCUT2D eigenvalue weighted by molar-refractivity contribution is 6.04. The zero-order valence-electron chi connectivity index (χ0n) is 22.7. The first kappa shape index (κ1) is 26.6. The van der Waals surface area contributed by atoms with Gasteiger partial charge in [0.15, 0.2) is 0 Å². The first-order valence-electron chi connectivity index (χ1n) is 12.8. The number of hydrogen-bond acceptors (Lipinski definition) is 5. The number of aromatic nitrogens is 3. The first-order valence-corrected chi connectivity index (χ1v) is 12.8. The van der Waals surface area contributed by atoms with E-state index in [0.29, 0.717) is 36.3 Å². The summed E-state index contributed by atoms with van der Waals surface area (Å²) >= 11 is 0. The van der Waals surface area contributed by atoms with Crippen LogP contribution in [0.25, 0.3) is 22.2 Å². The molecule has 9 heteroatoms. The summed E-state index contributed by atoms with van der Waals surface area (Å²) in [7, 11) is 1.82. The molecule has 1 fully saturated rings. The Hall–Kier alpha value is -3.49. The van der Waals surface area contributed by atoms with Gasteiger partial charge in [-0.3, -0.25) is 9.48 Å². The Balaban J connectivity index is 1.78. The van der Waals surface area contributed by atoms with Gasteiger partial charge in [-0.1, -0.05) is 6.07 Å². The number of benzene rings is 1. The van der Waals surface area contributed by atoms with Gasteiger partial charge in [0.1, 0.15) is 16.9 Å². The molecule has 1 aromatic carbocycles. The Morgan fingerprint density at radius 2 is 1.95 bits per heavy atom. The van der Waals surface area contributed by atoms with E-state index in [0.717, 1.165) is 23.2 Å². The van der Waals surface area contributed by atoms with Gasteiger partial charge in [-0.05, 0) is 71.7 Å². The summed E-state index contributed by atoms with van der Waals surface area (Å²) in [4.78, 5) is 34.5. The Bertz CT molecular complexity index is 1330. The molecule has 0 radical (unpaired) electrons. The number of ether oxygens (including phenoxy) is 1. The predicted molar refractivity (Wildman–Crippen MR) is 141 cm³/mol. The molecule has 0 spiro atoms. The standard InChI is InChI=1S/C28H36FN5O3/c1-8-34(17(2)3)26(35)22-13-19(29)9-10-20(22)21-14-23(31-24-15-30-32(7)25(21)24)18-11-12-33(16-18)27(36)37-28(4,5)6/h9-10,13-15,17-18H,8,11-12,16H2,1-7H3. The smallest absolute Gasteiger partial charge is 0.410 e. The molecule has 1 aliphatic rings. The average Bonchev–Trinajstić information content (AvgIpc) is 3.45. The van der Waals surface area contributed by atoms with Gasteiger partial charge in [-0.15, -0.1) is 0 Å².